The average molecular weight is 241 g/mol. The standard InChI is InChI=1S/C12H19NO4/c1-17-8-9(7-14)13-10(15)6-12(11(13)16)4-2-3-5-12/h9,14H,2-8H2,1H3. The summed E-state index contributed by atoms with van der Waals surface area (Å²) < 4.78 is 4.95. The molecule has 0 aromatic heterocycles. The Morgan fingerprint density at radius 2 is 2.06 bits per heavy atom. The highest BCUT2D eigenvalue weighted by Crippen LogP contribution is 2.47. The van der Waals surface area contributed by atoms with Gasteiger partial charge in [-0.05, 0) is 12.8 Å². The minimum atomic E-state index is -0.528. The number of aliphatic hydroxyl groups excluding tert-OH is 1. The zero-order valence-corrected chi connectivity index (χ0v) is 10.1. The zero-order chi connectivity index (χ0) is 12.5. The van der Waals surface area contributed by atoms with Crippen LogP contribution in [0.25, 0.3) is 0 Å². The van der Waals surface area contributed by atoms with Gasteiger partial charge in [0, 0.05) is 13.5 Å². The first-order chi connectivity index (χ1) is 8.14. The maximum absolute atomic E-state index is 12.4. The number of nitrogens with zero attached hydrogens (tertiary/aromatic N) is 1. The molecule has 1 unspecified atom stereocenters. The SMILES string of the molecule is COCC(CO)N1C(=O)CC2(CCCC2)C1=O. The Kier molecular flexibility index (Phi) is 3.49. The monoisotopic (exact) mass is 241 g/mol. The quantitative estimate of drug-likeness (QED) is 0.719. The highest BCUT2D eigenvalue weighted by atomic mass is 16.5. The topological polar surface area (TPSA) is 66.8 Å². The Hall–Kier alpha value is -0.940. The van der Waals surface area contributed by atoms with Crippen molar-refractivity contribution >= 4 is 11.8 Å². The van der Waals surface area contributed by atoms with Crippen LogP contribution in [-0.4, -0.2) is 48.2 Å². The molecule has 1 spiro atoms. The first-order valence-corrected chi connectivity index (χ1v) is 6.11. The lowest BCUT2D eigenvalue weighted by molar-refractivity contribution is -0.146. The molecule has 1 atom stereocenters. The predicted molar refractivity (Wildman–Crippen MR) is 60.1 cm³/mol. The average Bonchev–Trinajstić information content (AvgIpc) is 2.85. The van der Waals surface area contributed by atoms with E-state index >= 15 is 0 Å². The van der Waals surface area contributed by atoms with Crippen LogP contribution in [0.2, 0.25) is 0 Å². The van der Waals surface area contributed by atoms with Gasteiger partial charge in [0.05, 0.1) is 24.7 Å². The van der Waals surface area contributed by atoms with Crippen molar-refractivity contribution in [3.63, 3.8) is 0 Å². The number of hydrogen-bond acceptors (Lipinski definition) is 4. The Labute approximate surface area is 101 Å². The molecule has 1 N–H and O–H groups in total. The molecule has 1 aliphatic heterocycles. The molecule has 2 amide bonds. The second kappa shape index (κ2) is 4.74. The lowest BCUT2D eigenvalue weighted by Crippen LogP contribution is -2.46. The number of rotatable bonds is 4. The molecule has 0 bridgehead atoms. The molecular formula is C12H19NO4. The maximum Gasteiger partial charge on any atom is 0.236 e. The van der Waals surface area contributed by atoms with Gasteiger partial charge >= 0.3 is 0 Å². The van der Waals surface area contributed by atoms with E-state index in [1.165, 1.54) is 12.0 Å². The van der Waals surface area contributed by atoms with Gasteiger partial charge in [0.15, 0.2) is 0 Å². The lowest BCUT2D eigenvalue weighted by Gasteiger charge is -2.26. The predicted octanol–water partition coefficient (Wildman–Crippen LogP) is 0.313. The van der Waals surface area contributed by atoms with Gasteiger partial charge < -0.3 is 9.84 Å². The van der Waals surface area contributed by atoms with Crippen LogP contribution < -0.4 is 0 Å². The summed E-state index contributed by atoms with van der Waals surface area (Å²) in [6, 6.07) is -0.528. The summed E-state index contributed by atoms with van der Waals surface area (Å²) in [5, 5.41) is 9.26. The molecule has 0 aromatic carbocycles. The van der Waals surface area contributed by atoms with E-state index in [1.807, 2.05) is 0 Å². The summed E-state index contributed by atoms with van der Waals surface area (Å²) in [6.45, 7) is -0.0363. The highest BCUT2D eigenvalue weighted by Gasteiger charge is 2.54. The molecule has 2 fully saturated rings. The number of amides is 2. The van der Waals surface area contributed by atoms with E-state index < -0.39 is 11.5 Å². The number of imide groups is 1. The Bertz CT molecular complexity index is 322. The van der Waals surface area contributed by atoms with Gasteiger partial charge in [-0.15, -0.1) is 0 Å². The normalized spacial score (nSPS) is 24.9. The fourth-order valence-electron chi connectivity index (χ4n) is 3.03. The van der Waals surface area contributed by atoms with Crippen LogP contribution in [0.5, 0.6) is 0 Å². The van der Waals surface area contributed by atoms with Crippen LogP contribution in [0.3, 0.4) is 0 Å². The second-order valence-electron chi connectivity index (χ2n) is 5.02. The number of aliphatic hydroxyl groups is 1. The van der Waals surface area contributed by atoms with Crippen molar-refractivity contribution in [2.75, 3.05) is 20.3 Å². The summed E-state index contributed by atoms with van der Waals surface area (Å²) in [6.07, 6.45) is 3.95. The van der Waals surface area contributed by atoms with Gasteiger partial charge in [-0.25, -0.2) is 0 Å². The van der Waals surface area contributed by atoms with Crippen LogP contribution in [0.1, 0.15) is 32.1 Å². The van der Waals surface area contributed by atoms with Gasteiger partial charge in [0.1, 0.15) is 0 Å². The summed E-state index contributed by atoms with van der Waals surface area (Å²) in [5.74, 6) is -0.260. The molecule has 1 aliphatic carbocycles. The van der Waals surface area contributed by atoms with Crippen LogP contribution in [0.4, 0.5) is 0 Å². The molecule has 96 valence electrons. The van der Waals surface area contributed by atoms with Crippen LogP contribution in [-0.2, 0) is 14.3 Å². The van der Waals surface area contributed by atoms with Gasteiger partial charge in [-0.3, -0.25) is 14.5 Å². The third-order valence-corrected chi connectivity index (χ3v) is 3.93. The second-order valence-corrected chi connectivity index (χ2v) is 5.02. The third kappa shape index (κ3) is 1.98. The van der Waals surface area contributed by atoms with Gasteiger partial charge in [0.25, 0.3) is 0 Å². The van der Waals surface area contributed by atoms with Crippen molar-refractivity contribution < 1.29 is 19.4 Å². The molecule has 0 aromatic rings. The van der Waals surface area contributed by atoms with Crippen LogP contribution in [0.15, 0.2) is 0 Å². The highest BCUT2D eigenvalue weighted by molar-refractivity contribution is 6.06. The Morgan fingerprint density at radius 1 is 1.41 bits per heavy atom. The first-order valence-electron chi connectivity index (χ1n) is 6.11. The first kappa shape index (κ1) is 12.5. The van der Waals surface area contributed by atoms with Crippen molar-refractivity contribution in [3.8, 4) is 0 Å². The summed E-state index contributed by atoms with van der Waals surface area (Å²) in [4.78, 5) is 25.5. The number of carbonyl (C=O) groups is 2. The Balaban J connectivity index is 2.18. The maximum atomic E-state index is 12.4. The van der Waals surface area contributed by atoms with E-state index in [2.05, 4.69) is 0 Å². The number of ether oxygens (including phenoxy) is 1. The molecule has 0 radical (unpaired) electrons. The van der Waals surface area contributed by atoms with Crippen LogP contribution in [0, 0.1) is 5.41 Å². The van der Waals surface area contributed by atoms with Crippen LogP contribution >= 0.6 is 0 Å². The number of likely N-dealkylation sites (tertiary alicyclic amines) is 1. The zero-order valence-electron chi connectivity index (χ0n) is 10.1. The van der Waals surface area contributed by atoms with E-state index in [9.17, 15) is 14.7 Å². The van der Waals surface area contributed by atoms with E-state index in [-0.39, 0.29) is 25.0 Å². The minimum Gasteiger partial charge on any atom is -0.394 e. The number of carbonyl (C=O) groups excluding carboxylic acids is 2. The Morgan fingerprint density at radius 3 is 2.59 bits per heavy atom. The summed E-state index contributed by atoms with van der Waals surface area (Å²) in [5.41, 5.74) is -0.460. The molecule has 17 heavy (non-hydrogen) atoms. The summed E-state index contributed by atoms with van der Waals surface area (Å²) in [7, 11) is 1.50. The van der Waals surface area contributed by atoms with E-state index in [1.54, 1.807) is 0 Å². The molecule has 2 rings (SSSR count). The van der Waals surface area contributed by atoms with Gasteiger partial charge in [0.2, 0.25) is 11.8 Å². The van der Waals surface area contributed by atoms with Crippen molar-refractivity contribution in [1.82, 2.24) is 4.90 Å². The van der Waals surface area contributed by atoms with E-state index in [0.717, 1.165) is 25.7 Å². The van der Waals surface area contributed by atoms with E-state index in [0.29, 0.717) is 6.42 Å². The fourth-order valence-corrected chi connectivity index (χ4v) is 3.03. The minimum absolute atomic E-state index is 0.101. The van der Waals surface area contributed by atoms with Gasteiger partial charge in [-0.1, -0.05) is 12.8 Å². The molecule has 5 heteroatoms. The third-order valence-electron chi connectivity index (χ3n) is 3.93. The number of hydrogen-bond donors (Lipinski definition) is 1. The lowest BCUT2D eigenvalue weighted by atomic mass is 9.84. The smallest absolute Gasteiger partial charge is 0.236 e. The molecule has 1 heterocycles. The molecule has 1 saturated heterocycles. The molecule has 2 aliphatic rings. The molecule has 5 nitrogen and oxygen atoms in total. The van der Waals surface area contributed by atoms with Crippen molar-refractivity contribution in [2.45, 2.75) is 38.1 Å². The fraction of sp³-hybridized carbons (Fsp3) is 0.833. The largest absolute Gasteiger partial charge is 0.394 e. The van der Waals surface area contributed by atoms with Crippen molar-refractivity contribution in [1.29, 1.82) is 0 Å². The number of methoxy groups -OCH3 is 1. The van der Waals surface area contributed by atoms with E-state index in [4.69, 9.17) is 4.74 Å². The van der Waals surface area contributed by atoms with Crippen molar-refractivity contribution in [2.24, 2.45) is 5.41 Å². The molecule has 1 saturated carbocycles. The summed E-state index contributed by atoms with van der Waals surface area (Å²) >= 11 is 0. The van der Waals surface area contributed by atoms with Gasteiger partial charge in [-0.2, -0.15) is 0 Å². The van der Waals surface area contributed by atoms with Crippen molar-refractivity contribution in [3.05, 3.63) is 0 Å². The molecular weight excluding hydrogens is 222 g/mol.